The number of carbonyl (C=O) groups is 1. The Balaban J connectivity index is 1.25. The first-order chi connectivity index (χ1) is 21.3. The average molecular weight is 589 g/mol. The van der Waals surface area contributed by atoms with Crippen LogP contribution in [0.1, 0.15) is 56.8 Å². The molecule has 0 spiro atoms. The third-order valence-corrected chi connectivity index (χ3v) is 9.74. The van der Waals surface area contributed by atoms with Gasteiger partial charge in [-0.1, -0.05) is 30.3 Å². The Bertz CT molecular complexity index is 1770. The fourth-order valence-corrected chi connectivity index (χ4v) is 6.75. The molecule has 9 nitrogen and oxygen atoms in total. The number of anilines is 1. The second-order valence-electron chi connectivity index (χ2n) is 12.4. The second kappa shape index (κ2) is 11.2. The summed E-state index contributed by atoms with van der Waals surface area (Å²) in [6.07, 6.45) is 8.06. The molecule has 3 aliphatic rings. The molecule has 0 atom stereocenters. The van der Waals surface area contributed by atoms with Crippen molar-refractivity contribution in [3.63, 3.8) is 0 Å². The van der Waals surface area contributed by atoms with Crippen LogP contribution in [0.15, 0.2) is 71.7 Å². The number of amidine groups is 1. The molecule has 1 aliphatic carbocycles. The minimum atomic E-state index is -0.226. The highest BCUT2D eigenvalue weighted by Crippen LogP contribution is 2.39. The number of amides is 1. The van der Waals surface area contributed by atoms with E-state index >= 15 is 0 Å². The van der Waals surface area contributed by atoms with Crippen molar-refractivity contribution in [2.75, 3.05) is 31.6 Å². The lowest BCUT2D eigenvalue weighted by molar-refractivity contribution is -0.129. The van der Waals surface area contributed by atoms with Crippen LogP contribution in [0.3, 0.4) is 0 Å². The molecule has 0 unspecified atom stereocenters. The molecule has 1 saturated carbocycles. The van der Waals surface area contributed by atoms with Gasteiger partial charge in [-0.3, -0.25) is 14.4 Å². The number of benzene rings is 2. The molecule has 226 valence electrons. The van der Waals surface area contributed by atoms with E-state index in [4.69, 9.17) is 21.4 Å². The van der Waals surface area contributed by atoms with E-state index in [2.05, 4.69) is 69.1 Å². The number of nitrogens with two attached hydrogens (primary N) is 2. The van der Waals surface area contributed by atoms with Crippen molar-refractivity contribution in [3.8, 4) is 16.9 Å². The fraction of sp³-hybridized carbons (Fsp3) is 0.371. The smallest absolute Gasteiger partial charge is 0.219 e. The summed E-state index contributed by atoms with van der Waals surface area (Å²) in [5.74, 6) is 1.38. The van der Waals surface area contributed by atoms with Gasteiger partial charge in [0.2, 0.25) is 5.91 Å². The summed E-state index contributed by atoms with van der Waals surface area (Å²) in [5, 5.41) is 0. The van der Waals surface area contributed by atoms with Crippen LogP contribution in [0.2, 0.25) is 0 Å². The normalized spacial score (nSPS) is 18.5. The van der Waals surface area contributed by atoms with Gasteiger partial charge in [-0.15, -0.1) is 0 Å². The standard InChI is InChI=1S/C35H40N8O/c1-23(44)41(2)26-15-20-42(21-16-26)28-7-3-6-24(22-28)30-13-14-31-34(39-30)43(33(40-31)29-8-4-19-38-32(29)36)27-11-9-25(10-12-27)35(37)17-5-18-35/h3,6-14,22,26H,4-5,15-21,37H2,1-2H3,(H2,36,38). The zero-order valence-electron chi connectivity index (χ0n) is 25.5. The number of hydrogen-bond acceptors (Lipinski definition) is 7. The van der Waals surface area contributed by atoms with Crippen molar-refractivity contribution in [2.45, 2.75) is 57.0 Å². The number of imidazole rings is 1. The highest BCUT2D eigenvalue weighted by Gasteiger charge is 2.34. The maximum absolute atomic E-state index is 11.9. The van der Waals surface area contributed by atoms with E-state index in [1.54, 1.807) is 6.92 Å². The van der Waals surface area contributed by atoms with Gasteiger partial charge in [-0.25, -0.2) is 9.97 Å². The Hall–Kier alpha value is -4.50. The zero-order valence-corrected chi connectivity index (χ0v) is 25.5. The molecule has 2 aromatic carbocycles. The van der Waals surface area contributed by atoms with E-state index in [9.17, 15) is 4.79 Å². The van der Waals surface area contributed by atoms with Gasteiger partial charge in [0.15, 0.2) is 5.65 Å². The lowest BCUT2D eigenvalue weighted by Crippen LogP contribution is -2.45. The Kier molecular flexibility index (Phi) is 7.20. The van der Waals surface area contributed by atoms with Crippen LogP contribution >= 0.6 is 0 Å². The minimum Gasteiger partial charge on any atom is -0.383 e. The Morgan fingerprint density at radius 2 is 1.77 bits per heavy atom. The Morgan fingerprint density at radius 1 is 1.00 bits per heavy atom. The molecule has 4 heterocycles. The lowest BCUT2D eigenvalue weighted by Gasteiger charge is -2.38. The number of carbonyl (C=O) groups excluding carboxylic acids is 1. The van der Waals surface area contributed by atoms with E-state index in [0.29, 0.717) is 18.4 Å². The van der Waals surface area contributed by atoms with E-state index < -0.39 is 0 Å². The summed E-state index contributed by atoms with van der Waals surface area (Å²) in [5.41, 5.74) is 20.5. The third-order valence-electron chi connectivity index (χ3n) is 9.74. The van der Waals surface area contributed by atoms with E-state index in [1.165, 1.54) is 17.7 Å². The van der Waals surface area contributed by atoms with E-state index in [-0.39, 0.29) is 11.4 Å². The number of rotatable bonds is 6. The van der Waals surface area contributed by atoms with Crippen LogP contribution in [-0.4, -0.2) is 63.9 Å². The van der Waals surface area contributed by atoms with Gasteiger partial charge < -0.3 is 21.3 Å². The summed E-state index contributed by atoms with van der Waals surface area (Å²) >= 11 is 0. The quantitative estimate of drug-likeness (QED) is 0.327. The van der Waals surface area contributed by atoms with Crippen LogP contribution in [-0.2, 0) is 10.3 Å². The van der Waals surface area contributed by atoms with Crippen LogP contribution in [0.25, 0.3) is 33.7 Å². The Labute approximate surface area is 258 Å². The number of aliphatic imine (C=N–C) groups is 1. The summed E-state index contributed by atoms with van der Waals surface area (Å²) < 4.78 is 2.10. The van der Waals surface area contributed by atoms with Gasteiger partial charge >= 0.3 is 0 Å². The molecule has 44 heavy (non-hydrogen) atoms. The monoisotopic (exact) mass is 588 g/mol. The van der Waals surface area contributed by atoms with Gasteiger partial charge in [0.05, 0.1) is 11.3 Å². The number of nitrogens with zero attached hydrogens (tertiary/aromatic N) is 6. The van der Waals surface area contributed by atoms with Crippen LogP contribution in [0, 0.1) is 0 Å². The van der Waals surface area contributed by atoms with Crippen LogP contribution in [0.4, 0.5) is 5.69 Å². The highest BCUT2D eigenvalue weighted by molar-refractivity contribution is 6.22. The predicted octanol–water partition coefficient (Wildman–Crippen LogP) is 5.02. The SMILES string of the molecule is CC(=O)N(C)C1CCN(c2cccc(-c3ccc4nc(C5=CCCN=C5N)n(-c5ccc(C6(N)CCC6)cc5)c4n3)c2)CC1. The summed E-state index contributed by atoms with van der Waals surface area (Å²) in [7, 11) is 1.91. The van der Waals surface area contributed by atoms with Crippen molar-refractivity contribution in [3.05, 3.63) is 78.1 Å². The molecule has 0 radical (unpaired) electrons. The lowest BCUT2D eigenvalue weighted by atomic mass is 9.73. The summed E-state index contributed by atoms with van der Waals surface area (Å²) in [4.78, 5) is 30.9. The largest absolute Gasteiger partial charge is 0.383 e. The number of dihydropyridines is 1. The summed E-state index contributed by atoms with van der Waals surface area (Å²) in [6.45, 7) is 4.15. The molecule has 4 aromatic rings. The molecule has 7 rings (SSSR count). The zero-order chi connectivity index (χ0) is 30.4. The van der Waals surface area contributed by atoms with Crippen LogP contribution < -0.4 is 16.4 Å². The first-order valence-electron chi connectivity index (χ1n) is 15.7. The van der Waals surface area contributed by atoms with Gasteiger partial charge in [-0.05, 0) is 80.5 Å². The molecule has 1 saturated heterocycles. The van der Waals surface area contributed by atoms with Gasteiger partial charge in [0.25, 0.3) is 0 Å². The molecule has 0 bridgehead atoms. The Morgan fingerprint density at radius 3 is 2.45 bits per heavy atom. The van der Waals surface area contributed by atoms with Crippen molar-refractivity contribution in [2.24, 2.45) is 16.5 Å². The van der Waals surface area contributed by atoms with Gasteiger partial charge in [0, 0.05) is 62.1 Å². The van der Waals surface area contributed by atoms with Crippen molar-refractivity contribution in [1.29, 1.82) is 0 Å². The maximum atomic E-state index is 11.9. The van der Waals surface area contributed by atoms with Gasteiger partial charge in [-0.2, -0.15) is 0 Å². The number of hydrogen-bond donors (Lipinski definition) is 2. The molecule has 1 amide bonds. The molecular weight excluding hydrogens is 548 g/mol. The van der Waals surface area contributed by atoms with E-state index in [0.717, 1.165) is 84.7 Å². The number of piperidine rings is 1. The molecule has 2 aliphatic heterocycles. The topological polar surface area (TPSA) is 119 Å². The van der Waals surface area contributed by atoms with Gasteiger partial charge in [0.1, 0.15) is 17.2 Å². The second-order valence-corrected chi connectivity index (χ2v) is 12.4. The van der Waals surface area contributed by atoms with Crippen molar-refractivity contribution >= 4 is 34.2 Å². The minimum absolute atomic E-state index is 0.127. The molecule has 2 aromatic heterocycles. The summed E-state index contributed by atoms with van der Waals surface area (Å²) in [6, 6.07) is 21.5. The fourth-order valence-electron chi connectivity index (χ4n) is 6.75. The molecule has 9 heteroatoms. The first kappa shape index (κ1) is 28.3. The third kappa shape index (κ3) is 5.05. The number of aromatic nitrogens is 3. The average Bonchev–Trinajstić information content (AvgIpc) is 3.42. The van der Waals surface area contributed by atoms with Crippen molar-refractivity contribution < 1.29 is 4.79 Å². The number of pyridine rings is 1. The molecule has 4 N–H and O–H groups in total. The molecular formula is C35H40N8O. The van der Waals surface area contributed by atoms with E-state index in [1.807, 2.05) is 24.1 Å². The van der Waals surface area contributed by atoms with Crippen LogP contribution in [0.5, 0.6) is 0 Å². The maximum Gasteiger partial charge on any atom is 0.219 e. The number of fused-ring (bicyclic) bond motifs is 1. The first-order valence-corrected chi connectivity index (χ1v) is 15.7. The van der Waals surface area contributed by atoms with Crippen molar-refractivity contribution in [1.82, 2.24) is 19.4 Å². The molecule has 2 fully saturated rings. The predicted molar refractivity (Wildman–Crippen MR) is 177 cm³/mol. The highest BCUT2D eigenvalue weighted by atomic mass is 16.2.